The minimum absolute atomic E-state index is 0.218. The van der Waals surface area contributed by atoms with Crippen LogP contribution in [-0.2, 0) is 25.0 Å². The maximum absolute atomic E-state index is 13.6. The smallest absolute Gasteiger partial charge is 0.248 e. The fourth-order valence-electron chi connectivity index (χ4n) is 3.81. The lowest BCUT2D eigenvalue weighted by Crippen LogP contribution is -2.45. The molecule has 0 bridgehead atoms. The van der Waals surface area contributed by atoms with Gasteiger partial charge in [0, 0.05) is 31.2 Å². The quantitative estimate of drug-likeness (QED) is 0.415. The van der Waals surface area contributed by atoms with Crippen LogP contribution >= 0.6 is 0 Å². The number of ether oxygens (including phenoxy) is 2. The van der Waals surface area contributed by atoms with Crippen LogP contribution in [0, 0.1) is 11.3 Å². The number of hydrogen-bond acceptors (Lipinski definition) is 11. The predicted molar refractivity (Wildman–Crippen MR) is 132 cm³/mol. The third-order valence-electron chi connectivity index (χ3n) is 5.63. The lowest BCUT2D eigenvalue weighted by atomic mass is 9.76. The van der Waals surface area contributed by atoms with Gasteiger partial charge in [-0.05, 0) is 38.0 Å². The molecule has 0 saturated carbocycles. The third-order valence-corrected chi connectivity index (χ3v) is 6.64. The number of nitrogens with zero attached hydrogens (tertiary/aromatic N) is 6. The molecule has 2 N–H and O–H groups in total. The van der Waals surface area contributed by atoms with Crippen LogP contribution in [0.1, 0.15) is 25.5 Å². The second-order valence-electron chi connectivity index (χ2n) is 8.04. The Labute approximate surface area is 213 Å². The molecular weight excluding hydrogens is 500 g/mol. The van der Waals surface area contributed by atoms with E-state index in [9.17, 15) is 13.2 Å². The van der Waals surface area contributed by atoms with Gasteiger partial charge in [-0.1, -0.05) is 0 Å². The molecule has 13 nitrogen and oxygen atoms in total. The molecule has 0 aromatic carbocycles. The fraction of sp³-hybridized carbons (Fsp3) is 0.348. The molecule has 1 saturated heterocycles. The molecule has 1 aliphatic rings. The minimum atomic E-state index is -3.94. The average molecular weight is 525 g/mol. The summed E-state index contributed by atoms with van der Waals surface area (Å²) in [4.78, 5) is 34.7. The number of carbonyl (C=O) groups excluding carboxylic acids is 1. The van der Waals surface area contributed by atoms with Crippen molar-refractivity contribution in [2.75, 3.05) is 35.6 Å². The zero-order valence-electron chi connectivity index (χ0n) is 19.9. The second-order valence-corrected chi connectivity index (χ2v) is 9.76. The summed E-state index contributed by atoms with van der Waals surface area (Å²) >= 11 is 0. The Morgan fingerprint density at radius 2 is 1.97 bits per heavy atom. The van der Waals surface area contributed by atoms with E-state index in [2.05, 4.69) is 35.0 Å². The number of hydrogen-bond donors (Lipinski definition) is 2. The van der Waals surface area contributed by atoms with Crippen LogP contribution in [-0.4, -0.2) is 64.8 Å². The van der Waals surface area contributed by atoms with E-state index in [-0.39, 0.29) is 11.9 Å². The van der Waals surface area contributed by atoms with Gasteiger partial charge >= 0.3 is 0 Å². The van der Waals surface area contributed by atoms with E-state index >= 15 is 0 Å². The molecule has 1 aliphatic heterocycles. The van der Waals surface area contributed by atoms with E-state index in [1.165, 1.54) is 12.4 Å². The summed E-state index contributed by atoms with van der Waals surface area (Å²) in [5.74, 6) is -0.609. The number of nitriles is 1. The highest BCUT2D eigenvalue weighted by atomic mass is 32.2. The van der Waals surface area contributed by atoms with Crippen LogP contribution in [0.2, 0.25) is 0 Å². The van der Waals surface area contributed by atoms with Crippen LogP contribution < -0.4 is 14.8 Å². The van der Waals surface area contributed by atoms with Gasteiger partial charge in [0.1, 0.15) is 5.82 Å². The van der Waals surface area contributed by atoms with Gasteiger partial charge in [-0.15, -0.1) is 0 Å². The number of nitrogens with one attached hydrogen (secondary N) is 2. The summed E-state index contributed by atoms with van der Waals surface area (Å²) in [5.41, 5.74) is 0.494. The summed E-state index contributed by atoms with van der Waals surface area (Å²) in [6, 6.07) is 6.54. The van der Waals surface area contributed by atoms with Gasteiger partial charge < -0.3 is 14.8 Å². The summed E-state index contributed by atoms with van der Waals surface area (Å²) in [5, 5.41) is 11.6. The highest BCUT2D eigenvalue weighted by Gasteiger charge is 2.43. The molecule has 3 aromatic heterocycles. The van der Waals surface area contributed by atoms with Gasteiger partial charge in [-0.25, -0.2) is 28.4 Å². The summed E-state index contributed by atoms with van der Waals surface area (Å²) in [6.45, 7) is 2.95. The average Bonchev–Trinajstić information content (AvgIpc) is 2.90. The lowest BCUT2D eigenvalue weighted by Gasteiger charge is -2.35. The highest BCUT2D eigenvalue weighted by Crippen LogP contribution is 2.35. The number of carbonyl (C=O) groups is 1. The zero-order valence-corrected chi connectivity index (χ0v) is 20.7. The molecule has 4 rings (SSSR count). The van der Waals surface area contributed by atoms with Crippen LogP contribution in [0.4, 0.5) is 11.8 Å². The number of amides is 1. The van der Waals surface area contributed by atoms with Crippen molar-refractivity contribution >= 4 is 27.7 Å². The van der Waals surface area contributed by atoms with Crippen LogP contribution in [0.3, 0.4) is 0 Å². The number of sulfonamides is 1. The van der Waals surface area contributed by atoms with Crippen molar-refractivity contribution in [1.29, 1.82) is 5.26 Å². The molecule has 37 heavy (non-hydrogen) atoms. The summed E-state index contributed by atoms with van der Waals surface area (Å²) < 4.78 is 37.0. The lowest BCUT2D eigenvalue weighted by molar-refractivity contribution is -0.125. The van der Waals surface area contributed by atoms with Crippen LogP contribution in [0.25, 0.3) is 11.3 Å². The van der Waals surface area contributed by atoms with E-state index in [4.69, 9.17) is 14.7 Å². The topological polar surface area (TPSA) is 182 Å². The van der Waals surface area contributed by atoms with Gasteiger partial charge in [-0.3, -0.25) is 14.5 Å². The van der Waals surface area contributed by atoms with Crippen molar-refractivity contribution in [2.24, 2.45) is 0 Å². The van der Waals surface area contributed by atoms with E-state index < -0.39 is 21.2 Å². The van der Waals surface area contributed by atoms with Crippen molar-refractivity contribution in [2.45, 2.75) is 25.2 Å². The van der Waals surface area contributed by atoms with Gasteiger partial charge in [-0.2, -0.15) is 5.26 Å². The van der Waals surface area contributed by atoms with Gasteiger partial charge in [0.15, 0.2) is 5.75 Å². The van der Waals surface area contributed by atoms with Crippen LogP contribution in [0.15, 0.2) is 43.0 Å². The number of anilines is 2. The molecule has 0 spiro atoms. The monoisotopic (exact) mass is 524 g/mol. The van der Waals surface area contributed by atoms with E-state index in [1.54, 1.807) is 36.7 Å². The molecule has 0 unspecified atom stereocenters. The first-order valence-electron chi connectivity index (χ1n) is 11.4. The van der Waals surface area contributed by atoms with Crippen LogP contribution in [0.5, 0.6) is 5.88 Å². The highest BCUT2D eigenvalue weighted by molar-refractivity contribution is 7.92. The predicted octanol–water partition coefficient (Wildman–Crippen LogP) is 1.68. The molecule has 3 aromatic rings. The largest absolute Gasteiger partial charge is 0.477 e. The first-order chi connectivity index (χ1) is 17.8. The number of pyridine rings is 1. The minimum Gasteiger partial charge on any atom is -0.477 e. The van der Waals surface area contributed by atoms with E-state index in [1.807, 2.05) is 6.92 Å². The molecule has 14 heteroatoms. The first-order valence-corrected chi connectivity index (χ1v) is 13.0. The van der Waals surface area contributed by atoms with Gasteiger partial charge in [0.2, 0.25) is 27.8 Å². The number of aromatic nitrogens is 5. The molecular formula is C23H24N8O5S. The molecule has 192 valence electrons. The maximum atomic E-state index is 13.6. The van der Waals surface area contributed by atoms with Crippen molar-refractivity contribution in [1.82, 2.24) is 24.9 Å². The SMILES string of the molecule is CCOc1cncc(-c2ccc(NC(=O)C3(c4ccnc(NS(=O)(=O)CC#N)n4)CCOCC3)nc2)n1. The van der Waals surface area contributed by atoms with Crippen molar-refractivity contribution in [3.63, 3.8) is 0 Å². The first kappa shape index (κ1) is 25.9. The zero-order chi connectivity index (χ0) is 26.3. The summed E-state index contributed by atoms with van der Waals surface area (Å²) in [7, 11) is -3.94. The number of rotatable bonds is 9. The Morgan fingerprint density at radius 3 is 2.68 bits per heavy atom. The van der Waals surface area contributed by atoms with Crippen molar-refractivity contribution in [3.8, 4) is 23.2 Å². The Bertz CT molecular complexity index is 1400. The van der Waals surface area contributed by atoms with Crippen molar-refractivity contribution in [3.05, 3.63) is 48.7 Å². The van der Waals surface area contributed by atoms with Crippen molar-refractivity contribution < 1.29 is 22.7 Å². The second kappa shape index (κ2) is 11.2. The Morgan fingerprint density at radius 1 is 1.16 bits per heavy atom. The summed E-state index contributed by atoms with van der Waals surface area (Å²) in [6.07, 6.45) is 6.68. The molecule has 0 radical (unpaired) electrons. The normalized spacial score (nSPS) is 14.8. The third kappa shape index (κ3) is 6.13. The maximum Gasteiger partial charge on any atom is 0.248 e. The molecule has 0 aliphatic carbocycles. The van der Waals surface area contributed by atoms with E-state index in [0.29, 0.717) is 61.3 Å². The van der Waals surface area contributed by atoms with E-state index in [0.717, 1.165) is 0 Å². The Balaban J connectivity index is 1.56. The van der Waals surface area contributed by atoms with Gasteiger partial charge in [0.25, 0.3) is 0 Å². The molecule has 1 amide bonds. The fourth-order valence-corrected chi connectivity index (χ4v) is 4.43. The molecule has 1 fully saturated rings. The molecule has 4 heterocycles. The Kier molecular flexibility index (Phi) is 7.85. The standard InChI is InChI=1S/C23H24N8O5S/c1-2-36-20-15-25-14-17(28-20)16-3-4-19(27-13-16)30-21(32)23(6-10-35-11-7-23)18-5-9-26-22(29-18)31-37(33,34)12-8-24/h3-5,9,13-15H,2,6-7,10-12H2,1H3,(H,26,29,31)(H,27,30,32). The van der Waals surface area contributed by atoms with Gasteiger partial charge in [0.05, 0.1) is 41.9 Å². The Hall–Kier alpha value is -4.22. The molecule has 0 atom stereocenters.